The molecule has 0 saturated carbocycles. The van der Waals surface area contributed by atoms with Gasteiger partial charge in [0, 0.05) is 30.2 Å². The summed E-state index contributed by atoms with van der Waals surface area (Å²) in [5.74, 6) is 0.0997. The SMILES string of the molecule is O=[N+]([O-])c1cccnc1NN=Cc1cccnc1. The smallest absolute Gasteiger partial charge is 0.264 e. The molecule has 0 aromatic carbocycles. The lowest BCUT2D eigenvalue weighted by Gasteiger charge is -1.99. The van der Waals surface area contributed by atoms with Gasteiger partial charge >= 0.3 is 5.69 Å². The first kappa shape index (κ1) is 11.6. The van der Waals surface area contributed by atoms with E-state index in [1.54, 1.807) is 18.5 Å². The molecule has 2 aromatic rings. The maximum Gasteiger partial charge on any atom is 0.313 e. The van der Waals surface area contributed by atoms with Crippen LogP contribution in [0.5, 0.6) is 0 Å². The number of aromatic nitrogens is 2. The van der Waals surface area contributed by atoms with Crippen LogP contribution in [-0.4, -0.2) is 21.1 Å². The fraction of sp³-hybridized carbons (Fsp3) is 0. The van der Waals surface area contributed by atoms with Crippen LogP contribution < -0.4 is 5.43 Å². The number of rotatable bonds is 4. The molecule has 2 rings (SSSR count). The highest BCUT2D eigenvalue weighted by atomic mass is 16.6. The van der Waals surface area contributed by atoms with Crippen molar-refractivity contribution < 1.29 is 4.92 Å². The summed E-state index contributed by atoms with van der Waals surface area (Å²) in [6.45, 7) is 0. The highest BCUT2D eigenvalue weighted by molar-refractivity contribution is 5.79. The van der Waals surface area contributed by atoms with Crippen LogP contribution >= 0.6 is 0 Å². The Morgan fingerprint density at radius 2 is 2.17 bits per heavy atom. The van der Waals surface area contributed by atoms with Crippen molar-refractivity contribution in [1.29, 1.82) is 0 Å². The minimum atomic E-state index is -0.519. The highest BCUT2D eigenvalue weighted by Crippen LogP contribution is 2.19. The van der Waals surface area contributed by atoms with Gasteiger partial charge in [-0.15, -0.1) is 0 Å². The van der Waals surface area contributed by atoms with Gasteiger partial charge < -0.3 is 0 Å². The van der Waals surface area contributed by atoms with Gasteiger partial charge in [0.25, 0.3) is 0 Å². The lowest BCUT2D eigenvalue weighted by Crippen LogP contribution is -1.98. The summed E-state index contributed by atoms with van der Waals surface area (Å²) < 4.78 is 0. The Hall–Kier alpha value is -2.83. The third-order valence-electron chi connectivity index (χ3n) is 2.05. The molecular formula is C11H9N5O2. The van der Waals surface area contributed by atoms with Gasteiger partial charge in [0.2, 0.25) is 5.82 Å². The Labute approximate surface area is 102 Å². The van der Waals surface area contributed by atoms with Crippen LogP contribution in [0, 0.1) is 10.1 Å². The van der Waals surface area contributed by atoms with E-state index in [9.17, 15) is 10.1 Å². The highest BCUT2D eigenvalue weighted by Gasteiger charge is 2.12. The number of nitro groups is 1. The molecule has 0 saturated heterocycles. The Balaban J connectivity index is 2.11. The molecule has 1 N–H and O–H groups in total. The zero-order valence-corrected chi connectivity index (χ0v) is 9.22. The number of nitrogens with zero attached hydrogens (tertiary/aromatic N) is 4. The van der Waals surface area contributed by atoms with Gasteiger partial charge in [-0.3, -0.25) is 20.5 Å². The second kappa shape index (κ2) is 5.48. The number of hydrogen-bond acceptors (Lipinski definition) is 6. The molecular weight excluding hydrogens is 234 g/mol. The van der Waals surface area contributed by atoms with E-state index in [4.69, 9.17) is 0 Å². The van der Waals surface area contributed by atoms with Crippen LogP contribution in [0.4, 0.5) is 11.5 Å². The molecule has 2 aromatic heterocycles. The summed E-state index contributed by atoms with van der Waals surface area (Å²) in [4.78, 5) is 18.0. The van der Waals surface area contributed by atoms with E-state index in [2.05, 4.69) is 20.5 Å². The summed E-state index contributed by atoms with van der Waals surface area (Å²) in [6.07, 6.45) is 6.23. The molecule has 0 spiro atoms. The molecule has 0 amide bonds. The van der Waals surface area contributed by atoms with Crippen molar-refractivity contribution in [2.75, 3.05) is 5.43 Å². The lowest BCUT2D eigenvalue weighted by atomic mass is 10.3. The van der Waals surface area contributed by atoms with Gasteiger partial charge in [-0.2, -0.15) is 5.10 Å². The molecule has 7 nitrogen and oxygen atoms in total. The van der Waals surface area contributed by atoms with Crippen LogP contribution in [0.15, 0.2) is 48.0 Å². The standard InChI is InChI=1S/C11H9N5O2/c17-16(18)10-4-2-6-13-11(10)15-14-8-9-3-1-5-12-7-9/h1-8H,(H,13,15). The Morgan fingerprint density at radius 3 is 2.89 bits per heavy atom. The molecule has 0 atom stereocenters. The summed E-state index contributed by atoms with van der Waals surface area (Å²) >= 11 is 0. The predicted octanol–water partition coefficient (Wildman–Crippen LogP) is 1.83. The maximum absolute atomic E-state index is 10.7. The summed E-state index contributed by atoms with van der Waals surface area (Å²) in [5, 5.41) is 14.6. The molecule has 0 radical (unpaired) electrons. The van der Waals surface area contributed by atoms with Crippen LogP contribution in [0.2, 0.25) is 0 Å². The zero-order chi connectivity index (χ0) is 12.8. The molecule has 18 heavy (non-hydrogen) atoms. The zero-order valence-electron chi connectivity index (χ0n) is 9.22. The normalized spacial score (nSPS) is 10.4. The first-order valence-electron chi connectivity index (χ1n) is 5.06. The molecule has 0 aliphatic carbocycles. The Morgan fingerprint density at radius 1 is 1.33 bits per heavy atom. The summed E-state index contributed by atoms with van der Waals surface area (Å²) in [7, 11) is 0. The van der Waals surface area contributed by atoms with E-state index in [0.717, 1.165) is 5.56 Å². The minimum Gasteiger partial charge on any atom is -0.264 e. The van der Waals surface area contributed by atoms with Gasteiger partial charge in [0.05, 0.1) is 11.1 Å². The monoisotopic (exact) mass is 243 g/mol. The second-order valence-corrected chi connectivity index (χ2v) is 3.28. The van der Waals surface area contributed by atoms with E-state index >= 15 is 0 Å². The number of pyridine rings is 2. The van der Waals surface area contributed by atoms with E-state index in [1.807, 2.05) is 6.07 Å². The van der Waals surface area contributed by atoms with E-state index in [0.29, 0.717) is 0 Å². The average molecular weight is 243 g/mol. The Bertz CT molecular complexity index is 571. The van der Waals surface area contributed by atoms with Crippen molar-refractivity contribution in [1.82, 2.24) is 9.97 Å². The van der Waals surface area contributed by atoms with Crippen molar-refractivity contribution >= 4 is 17.7 Å². The fourth-order valence-corrected chi connectivity index (χ4v) is 1.25. The number of hydrazone groups is 1. The molecule has 0 bridgehead atoms. The van der Waals surface area contributed by atoms with Crippen molar-refractivity contribution in [3.05, 3.63) is 58.5 Å². The fourth-order valence-electron chi connectivity index (χ4n) is 1.25. The van der Waals surface area contributed by atoms with Crippen molar-refractivity contribution in [2.45, 2.75) is 0 Å². The topological polar surface area (TPSA) is 93.3 Å². The van der Waals surface area contributed by atoms with Gasteiger partial charge in [0.1, 0.15) is 0 Å². The maximum atomic E-state index is 10.7. The van der Waals surface area contributed by atoms with Gasteiger partial charge in [-0.1, -0.05) is 6.07 Å². The third kappa shape index (κ3) is 2.85. The molecule has 90 valence electrons. The first-order valence-corrected chi connectivity index (χ1v) is 5.06. The largest absolute Gasteiger partial charge is 0.313 e. The average Bonchev–Trinajstić information content (AvgIpc) is 2.40. The van der Waals surface area contributed by atoms with Crippen LogP contribution in [-0.2, 0) is 0 Å². The quantitative estimate of drug-likeness (QED) is 0.502. The molecule has 2 heterocycles. The van der Waals surface area contributed by atoms with Crippen LogP contribution in [0.1, 0.15) is 5.56 Å². The van der Waals surface area contributed by atoms with Crippen molar-refractivity contribution in [3.8, 4) is 0 Å². The van der Waals surface area contributed by atoms with Crippen molar-refractivity contribution in [3.63, 3.8) is 0 Å². The van der Waals surface area contributed by atoms with E-state index in [-0.39, 0.29) is 11.5 Å². The van der Waals surface area contributed by atoms with E-state index in [1.165, 1.54) is 24.5 Å². The molecule has 0 unspecified atom stereocenters. The van der Waals surface area contributed by atoms with Gasteiger partial charge in [-0.05, 0) is 12.1 Å². The molecule has 0 fully saturated rings. The molecule has 0 aliphatic rings. The Kier molecular flexibility index (Phi) is 3.55. The van der Waals surface area contributed by atoms with E-state index < -0.39 is 4.92 Å². The number of hydrogen-bond donors (Lipinski definition) is 1. The van der Waals surface area contributed by atoms with Gasteiger partial charge in [-0.25, -0.2) is 4.98 Å². The summed E-state index contributed by atoms with van der Waals surface area (Å²) in [5.41, 5.74) is 3.19. The van der Waals surface area contributed by atoms with Crippen LogP contribution in [0.25, 0.3) is 0 Å². The second-order valence-electron chi connectivity index (χ2n) is 3.28. The third-order valence-corrected chi connectivity index (χ3v) is 2.05. The first-order chi connectivity index (χ1) is 8.77. The van der Waals surface area contributed by atoms with Crippen molar-refractivity contribution in [2.24, 2.45) is 5.10 Å². The molecule has 7 heteroatoms. The minimum absolute atomic E-state index is 0.0997. The van der Waals surface area contributed by atoms with Gasteiger partial charge in [0.15, 0.2) is 0 Å². The lowest BCUT2D eigenvalue weighted by molar-refractivity contribution is -0.384. The number of anilines is 1. The van der Waals surface area contributed by atoms with Crippen LogP contribution in [0.3, 0.4) is 0 Å². The predicted molar refractivity (Wildman–Crippen MR) is 66.3 cm³/mol. The summed E-state index contributed by atoms with van der Waals surface area (Å²) in [6, 6.07) is 6.43. The number of nitrogens with one attached hydrogen (secondary N) is 1. The molecule has 0 aliphatic heterocycles.